The van der Waals surface area contributed by atoms with Crippen LogP contribution in [-0.2, 0) is 4.74 Å². The van der Waals surface area contributed by atoms with E-state index in [1.807, 2.05) is 12.3 Å². The van der Waals surface area contributed by atoms with Crippen molar-refractivity contribution in [3.8, 4) is 0 Å². The summed E-state index contributed by atoms with van der Waals surface area (Å²) in [5.74, 6) is 1.72. The molecule has 0 saturated carbocycles. The largest absolute Gasteiger partial charge is 0.378 e. The molecule has 1 aromatic rings. The first-order chi connectivity index (χ1) is 8.92. The second-order valence-corrected chi connectivity index (χ2v) is 4.68. The second kappa shape index (κ2) is 5.49. The first-order valence-corrected chi connectivity index (χ1v) is 6.55. The van der Waals surface area contributed by atoms with E-state index in [0.29, 0.717) is 6.04 Å². The van der Waals surface area contributed by atoms with Gasteiger partial charge in [0.15, 0.2) is 0 Å². The van der Waals surface area contributed by atoms with Crippen LogP contribution in [0.5, 0.6) is 0 Å². The van der Waals surface area contributed by atoms with E-state index >= 15 is 0 Å². The summed E-state index contributed by atoms with van der Waals surface area (Å²) in [5, 5.41) is 6.79. The average Bonchev–Trinajstić information content (AvgIpc) is 2.93. The molecule has 18 heavy (non-hydrogen) atoms. The Morgan fingerprint density at radius 3 is 3.06 bits per heavy atom. The quantitative estimate of drug-likeness (QED) is 0.791. The van der Waals surface area contributed by atoms with Crippen LogP contribution in [0.1, 0.15) is 6.42 Å². The standard InChI is InChI=1S/C12H19N5O/c1-3-13-9-10(1)15-11-2-4-14-12(16-11)17-5-7-18-8-6-17/h2,4,10,13H,1,3,5-9H2,(H,14,15,16). The molecule has 0 radical (unpaired) electrons. The van der Waals surface area contributed by atoms with Crippen LogP contribution in [0.4, 0.5) is 11.8 Å². The van der Waals surface area contributed by atoms with Gasteiger partial charge in [-0.1, -0.05) is 0 Å². The Bertz CT molecular complexity index is 388. The molecule has 2 N–H and O–H groups in total. The molecule has 1 atom stereocenters. The van der Waals surface area contributed by atoms with Crippen LogP contribution in [0.3, 0.4) is 0 Å². The van der Waals surface area contributed by atoms with Gasteiger partial charge in [0.1, 0.15) is 5.82 Å². The normalized spacial score (nSPS) is 24.2. The molecule has 0 aliphatic carbocycles. The van der Waals surface area contributed by atoms with Crippen LogP contribution in [-0.4, -0.2) is 55.4 Å². The van der Waals surface area contributed by atoms with Crippen LogP contribution in [0.15, 0.2) is 12.3 Å². The van der Waals surface area contributed by atoms with Gasteiger partial charge in [0.25, 0.3) is 0 Å². The molecule has 6 nitrogen and oxygen atoms in total. The van der Waals surface area contributed by atoms with Crippen molar-refractivity contribution in [3.05, 3.63) is 12.3 Å². The molecular weight excluding hydrogens is 230 g/mol. The second-order valence-electron chi connectivity index (χ2n) is 4.68. The highest BCUT2D eigenvalue weighted by Gasteiger charge is 2.17. The lowest BCUT2D eigenvalue weighted by atomic mass is 10.2. The number of anilines is 2. The molecule has 0 spiro atoms. The minimum absolute atomic E-state index is 0.484. The first kappa shape index (κ1) is 11.7. The summed E-state index contributed by atoms with van der Waals surface area (Å²) in [7, 11) is 0. The van der Waals surface area contributed by atoms with E-state index in [1.165, 1.54) is 0 Å². The third kappa shape index (κ3) is 2.70. The Kier molecular flexibility index (Phi) is 3.56. The monoisotopic (exact) mass is 249 g/mol. The molecule has 2 aliphatic heterocycles. The molecule has 1 aromatic heterocycles. The zero-order chi connectivity index (χ0) is 12.2. The van der Waals surface area contributed by atoms with Crippen molar-refractivity contribution in [3.63, 3.8) is 0 Å². The number of aromatic nitrogens is 2. The van der Waals surface area contributed by atoms with E-state index in [9.17, 15) is 0 Å². The van der Waals surface area contributed by atoms with Crippen molar-refractivity contribution < 1.29 is 4.74 Å². The summed E-state index contributed by atoms with van der Waals surface area (Å²) in [6.45, 7) is 5.35. The van der Waals surface area contributed by atoms with Gasteiger partial charge in [-0.3, -0.25) is 0 Å². The number of nitrogens with one attached hydrogen (secondary N) is 2. The highest BCUT2D eigenvalue weighted by atomic mass is 16.5. The third-order valence-electron chi connectivity index (χ3n) is 3.35. The fraction of sp³-hybridized carbons (Fsp3) is 0.667. The van der Waals surface area contributed by atoms with Gasteiger partial charge in [-0.2, -0.15) is 4.98 Å². The summed E-state index contributed by atoms with van der Waals surface area (Å²) in [4.78, 5) is 11.1. The fourth-order valence-corrected chi connectivity index (χ4v) is 2.33. The summed E-state index contributed by atoms with van der Waals surface area (Å²) < 4.78 is 5.34. The van der Waals surface area contributed by atoms with E-state index in [1.54, 1.807) is 0 Å². The molecule has 6 heteroatoms. The molecule has 3 heterocycles. The van der Waals surface area contributed by atoms with Gasteiger partial charge in [0.2, 0.25) is 5.95 Å². The molecule has 0 amide bonds. The maximum absolute atomic E-state index is 5.34. The molecule has 0 bridgehead atoms. The predicted octanol–water partition coefficient (Wildman–Crippen LogP) is 0.0870. The minimum atomic E-state index is 0.484. The summed E-state index contributed by atoms with van der Waals surface area (Å²) >= 11 is 0. The molecule has 0 aromatic carbocycles. The first-order valence-electron chi connectivity index (χ1n) is 6.55. The van der Waals surface area contributed by atoms with E-state index in [4.69, 9.17) is 4.74 Å². The number of morpholine rings is 1. The maximum Gasteiger partial charge on any atom is 0.227 e. The number of ether oxygens (including phenoxy) is 1. The topological polar surface area (TPSA) is 62.3 Å². The summed E-state index contributed by atoms with van der Waals surface area (Å²) in [6, 6.07) is 2.42. The van der Waals surface area contributed by atoms with Gasteiger partial charge in [-0.25, -0.2) is 4.98 Å². The Morgan fingerprint density at radius 2 is 2.28 bits per heavy atom. The zero-order valence-electron chi connectivity index (χ0n) is 10.4. The minimum Gasteiger partial charge on any atom is -0.378 e. The summed E-state index contributed by atoms with van der Waals surface area (Å²) in [5.41, 5.74) is 0. The number of rotatable bonds is 3. The van der Waals surface area contributed by atoms with Crippen molar-refractivity contribution in [2.75, 3.05) is 49.6 Å². The smallest absolute Gasteiger partial charge is 0.227 e. The lowest BCUT2D eigenvalue weighted by Gasteiger charge is -2.27. The van der Waals surface area contributed by atoms with Crippen LogP contribution < -0.4 is 15.5 Å². The lowest BCUT2D eigenvalue weighted by Crippen LogP contribution is -2.37. The highest BCUT2D eigenvalue weighted by molar-refractivity contribution is 5.42. The van der Waals surface area contributed by atoms with Crippen molar-refractivity contribution in [1.82, 2.24) is 15.3 Å². The Hall–Kier alpha value is -1.40. The Balaban J connectivity index is 1.67. The van der Waals surface area contributed by atoms with Gasteiger partial charge < -0.3 is 20.3 Å². The van der Waals surface area contributed by atoms with Crippen LogP contribution in [0.25, 0.3) is 0 Å². The third-order valence-corrected chi connectivity index (χ3v) is 3.35. The SMILES string of the molecule is c1cc(NC2CCNC2)nc(N2CCOCC2)n1. The van der Waals surface area contributed by atoms with Crippen LogP contribution in [0, 0.1) is 0 Å². The van der Waals surface area contributed by atoms with Gasteiger partial charge in [-0.15, -0.1) is 0 Å². The number of nitrogens with zero attached hydrogens (tertiary/aromatic N) is 3. The Morgan fingerprint density at radius 1 is 1.39 bits per heavy atom. The van der Waals surface area contributed by atoms with Gasteiger partial charge >= 0.3 is 0 Å². The van der Waals surface area contributed by atoms with Gasteiger partial charge in [-0.05, 0) is 19.0 Å². The van der Waals surface area contributed by atoms with E-state index in [0.717, 1.165) is 57.6 Å². The zero-order valence-corrected chi connectivity index (χ0v) is 10.4. The molecule has 98 valence electrons. The van der Waals surface area contributed by atoms with Crippen LogP contribution in [0.2, 0.25) is 0 Å². The number of hydrogen-bond donors (Lipinski definition) is 2. The van der Waals surface area contributed by atoms with Crippen LogP contribution >= 0.6 is 0 Å². The van der Waals surface area contributed by atoms with E-state index in [2.05, 4.69) is 25.5 Å². The highest BCUT2D eigenvalue weighted by Crippen LogP contribution is 2.14. The van der Waals surface area contributed by atoms with Crippen molar-refractivity contribution in [1.29, 1.82) is 0 Å². The fourth-order valence-electron chi connectivity index (χ4n) is 2.33. The molecular formula is C12H19N5O. The molecule has 1 unspecified atom stereocenters. The van der Waals surface area contributed by atoms with E-state index < -0.39 is 0 Å². The molecule has 3 rings (SSSR count). The molecule has 2 fully saturated rings. The average molecular weight is 249 g/mol. The van der Waals surface area contributed by atoms with Crippen molar-refractivity contribution in [2.24, 2.45) is 0 Å². The predicted molar refractivity (Wildman–Crippen MR) is 70.0 cm³/mol. The van der Waals surface area contributed by atoms with Gasteiger partial charge in [0, 0.05) is 31.9 Å². The lowest BCUT2D eigenvalue weighted by molar-refractivity contribution is 0.122. The van der Waals surface area contributed by atoms with Crippen molar-refractivity contribution in [2.45, 2.75) is 12.5 Å². The Labute approximate surface area is 107 Å². The summed E-state index contributed by atoms with van der Waals surface area (Å²) in [6.07, 6.45) is 2.97. The molecule has 2 saturated heterocycles. The van der Waals surface area contributed by atoms with Gasteiger partial charge in [0.05, 0.1) is 13.2 Å². The molecule has 2 aliphatic rings. The van der Waals surface area contributed by atoms with Crippen molar-refractivity contribution >= 4 is 11.8 Å². The maximum atomic E-state index is 5.34. The van der Waals surface area contributed by atoms with E-state index in [-0.39, 0.29) is 0 Å². The number of hydrogen-bond acceptors (Lipinski definition) is 6.